The van der Waals surface area contributed by atoms with Crippen molar-refractivity contribution in [2.75, 3.05) is 25.6 Å². The molecule has 0 bridgehead atoms. The molecule has 0 atom stereocenters. The van der Waals surface area contributed by atoms with E-state index >= 15 is 0 Å². The van der Waals surface area contributed by atoms with Crippen molar-refractivity contribution in [3.63, 3.8) is 0 Å². The number of amides is 1. The molecular weight excluding hydrogens is 348 g/mol. The summed E-state index contributed by atoms with van der Waals surface area (Å²) >= 11 is 0. The minimum absolute atomic E-state index is 0.367. The van der Waals surface area contributed by atoms with Gasteiger partial charge in [0.05, 0.1) is 31.7 Å². The SMILES string of the molecule is COc1c(NC(=O)OC(C)(C)C)cccc1-c1ccc(C2OCCO2)cn1. The van der Waals surface area contributed by atoms with Gasteiger partial charge in [-0.2, -0.15) is 0 Å². The summed E-state index contributed by atoms with van der Waals surface area (Å²) in [5.74, 6) is 0.511. The number of anilines is 1. The zero-order valence-corrected chi connectivity index (χ0v) is 15.9. The van der Waals surface area contributed by atoms with Gasteiger partial charge in [-0.3, -0.25) is 10.3 Å². The lowest BCUT2D eigenvalue weighted by atomic mass is 10.1. The van der Waals surface area contributed by atoms with Crippen molar-refractivity contribution in [3.05, 3.63) is 42.1 Å². The summed E-state index contributed by atoms with van der Waals surface area (Å²) in [6, 6.07) is 9.23. The lowest BCUT2D eigenvalue weighted by Crippen LogP contribution is -2.27. The molecule has 1 saturated heterocycles. The monoisotopic (exact) mass is 372 g/mol. The molecule has 3 rings (SSSR count). The maximum absolute atomic E-state index is 12.1. The van der Waals surface area contributed by atoms with Gasteiger partial charge in [0.2, 0.25) is 0 Å². The molecule has 0 saturated carbocycles. The second-order valence-electron chi connectivity index (χ2n) is 7.06. The molecule has 1 aromatic heterocycles. The molecule has 2 aromatic rings. The number of benzene rings is 1. The summed E-state index contributed by atoms with van der Waals surface area (Å²) in [6.45, 7) is 6.59. The van der Waals surface area contributed by atoms with Crippen LogP contribution in [-0.2, 0) is 14.2 Å². The number of nitrogens with zero attached hydrogens (tertiary/aromatic N) is 1. The Bertz CT molecular complexity index is 793. The van der Waals surface area contributed by atoms with Gasteiger partial charge in [0.1, 0.15) is 5.60 Å². The second-order valence-corrected chi connectivity index (χ2v) is 7.06. The fourth-order valence-electron chi connectivity index (χ4n) is 2.73. The molecule has 0 aliphatic carbocycles. The maximum Gasteiger partial charge on any atom is 0.412 e. The lowest BCUT2D eigenvalue weighted by molar-refractivity contribution is -0.0443. The van der Waals surface area contributed by atoms with Crippen LogP contribution in [0.15, 0.2) is 36.5 Å². The molecule has 1 N–H and O–H groups in total. The zero-order valence-electron chi connectivity index (χ0n) is 15.9. The number of hydrogen-bond donors (Lipinski definition) is 1. The van der Waals surface area contributed by atoms with E-state index < -0.39 is 11.7 Å². The van der Waals surface area contributed by atoms with Gasteiger partial charge in [-0.05, 0) is 39.0 Å². The van der Waals surface area contributed by atoms with Crippen molar-refractivity contribution in [3.8, 4) is 17.0 Å². The smallest absolute Gasteiger partial charge is 0.412 e. The first-order chi connectivity index (χ1) is 12.9. The predicted octanol–water partition coefficient (Wildman–Crippen LogP) is 4.15. The van der Waals surface area contributed by atoms with Crippen LogP contribution in [0.25, 0.3) is 11.3 Å². The van der Waals surface area contributed by atoms with Gasteiger partial charge in [-0.15, -0.1) is 0 Å². The van der Waals surface area contributed by atoms with Crippen LogP contribution in [0.4, 0.5) is 10.5 Å². The minimum Gasteiger partial charge on any atom is -0.494 e. The molecule has 0 spiro atoms. The van der Waals surface area contributed by atoms with E-state index in [1.54, 1.807) is 19.4 Å². The topological polar surface area (TPSA) is 78.9 Å². The molecule has 1 amide bonds. The maximum atomic E-state index is 12.1. The molecule has 7 nitrogen and oxygen atoms in total. The third kappa shape index (κ3) is 4.75. The van der Waals surface area contributed by atoms with E-state index in [-0.39, 0.29) is 6.29 Å². The Morgan fingerprint density at radius 2 is 1.93 bits per heavy atom. The Labute approximate surface area is 158 Å². The summed E-state index contributed by atoms with van der Waals surface area (Å²) < 4.78 is 21.8. The van der Waals surface area contributed by atoms with Gasteiger partial charge in [0.15, 0.2) is 12.0 Å². The standard InChI is InChI=1S/C20H24N2O5/c1-20(2,3)27-19(23)22-16-7-5-6-14(17(16)24-4)15-9-8-13(12-21-15)18-25-10-11-26-18/h5-9,12,18H,10-11H2,1-4H3,(H,22,23). The molecular formula is C20H24N2O5. The zero-order chi connectivity index (χ0) is 19.4. The number of carbonyl (C=O) groups is 1. The third-order valence-electron chi connectivity index (χ3n) is 3.81. The molecule has 0 unspecified atom stereocenters. The fourth-order valence-corrected chi connectivity index (χ4v) is 2.73. The average Bonchev–Trinajstić information content (AvgIpc) is 3.14. The summed E-state index contributed by atoms with van der Waals surface area (Å²) in [5, 5.41) is 2.73. The van der Waals surface area contributed by atoms with Crippen molar-refractivity contribution in [1.82, 2.24) is 4.98 Å². The number of ether oxygens (including phenoxy) is 4. The van der Waals surface area contributed by atoms with E-state index in [2.05, 4.69) is 10.3 Å². The number of para-hydroxylation sites is 1. The Hall–Kier alpha value is -2.64. The number of aromatic nitrogens is 1. The molecule has 1 fully saturated rings. The summed E-state index contributed by atoms with van der Waals surface area (Å²) in [5.41, 5.74) is 2.25. The summed E-state index contributed by atoms with van der Waals surface area (Å²) in [4.78, 5) is 16.6. The van der Waals surface area contributed by atoms with E-state index in [1.807, 2.05) is 45.0 Å². The number of rotatable bonds is 4. The minimum atomic E-state index is -0.587. The number of nitrogens with one attached hydrogen (secondary N) is 1. The van der Waals surface area contributed by atoms with Gasteiger partial charge in [0.25, 0.3) is 0 Å². The first-order valence-electron chi connectivity index (χ1n) is 8.74. The normalized spacial score (nSPS) is 14.8. The molecule has 144 valence electrons. The highest BCUT2D eigenvalue weighted by atomic mass is 16.7. The molecule has 1 aliphatic rings. The number of pyridine rings is 1. The number of methoxy groups -OCH3 is 1. The number of hydrogen-bond acceptors (Lipinski definition) is 6. The molecule has 1 aromatic carbocycles. The number of carbonyl (C=O) groups excluding carboxylic acids is 1. The summed E-state index contributed by atoms with van der Waals surface area (Å²) in [6.07, 6.45) is 0.809. The van der Waals surface area contributed by atoms with E-state index in [4.69, 9.17) is 18.9 Å². The second kappa shape index (κ2) is 7.94. The Morgan fingerprint density at radius 3 is 2.52 bits per heavy atom. The van der Waals surface area contributed by atoms with Crippen LogP contribution < -0.4 is 10.1 Å². The van der Waals surface area contributed by atoms with Crippen LogP contribution in [0.5, 0.6) is 5.75 Å². The third-order valence-corrected chi connectivity index (χ3v) is 3.81. The van der Waals surface area contributed by atoms with Crippen LogP contribution in [-0.4, -0.2) is 37.0 Å². The summed E-state index contributed by atoms with van der Waals surface area (Å²) in [7, 11) is 1.55. The van der Waals surface area contributed by atoms with Crippen molar-refractivity contribution >= 4 is 11.8 Å². The Morgan fingerprint density at radius 1 is 1.19 bits per heavy atom. The van der Waals surface area contributed by atoms with Crippen molar-refractivity contribution in [2.45, 2.75) is 32.7 Å². The van der Waals surface area contributed by atoms with Gasteiger partial charge >= 0.3 is 6.09 Å². The van der Waals surface area contributed by atoms with E-state index in [9.17, 15) is 4.79 Å². The van der Waals surface area contributed by atoms with Gasteiger partial charge in [-0.1, -0.05) is 12.1 Å². The van der Waals surface area contributed by atoms with Crippen LogP contribution in [0.2, 0.25) is 0 Å². The van der Waals surface area contributed by atoms with Crippen LogP contribution in [0.1, 0.15) is 32.6 Å². The quantitative estimate of drug-likeness (QED) is 0.869. The van der Waals surface area contributed by atoms with Crippen molar-refractivity contribution in [2.24, 2.45) is 0 Å². The Kier molecular flexibility index (Phi) is 5.62. The van der Waals surface area contributed by atoms with E-state index in [0.717, 1.165) is 11.1 Å². The van der Waals surface area contributed by atoms with Crippen molar-refractivity contribution in [1.29, 1.82) is 0 Å². The van der Waals surface area contributed by atoms with Crippen LogP contribution >= 0.6 is 0 Å². The predicted molar refractivity (Wildman–Crippen MR) is 101 cm³/mol. The van der Waals surface area contributed by atoms with Crippen molar-refractivity contribution < 1.29 is 23.7 Å². The van der Waals surface area contributed by atoms with Gasteiger partial charge in [-0.25, -0.2) is 4.79 Å². The van der Waals surface area contributed by atoms with Crippen LogP contribution in [0.3, 0.4) is 0 Å². The fraction of sp³-hybridized carbons (Fsp3) is 0.400. The van der Waals surface area contributed by atoms with E-state index in [1.165, 1.54) is 0 Å². The molecule has 1 aliphatic heterocycles. The molecule has 7 heteroatoms. The van der Waals surface area contributed by atoms with Crippen LogP contribution in [0, 0.1) is 0 Å². The average molecular weight is 372 g/mol. The highest BCUT2D eigenvalue weighted by Gasteiger charge is 2.21. The van der Waals surface area contributed by atoms with Gasteiger partial charge in [0, 0.05) is 17.3 Å². The highest BCUT2D eigenvalue weighted by Crippen LogP contribution is 2.36. The molecule has 2 heterocycles. The first-order valence-corrected chi connectivity index (χ1v) is 8.74. The van der Waals surface area contributed by atoms with E-state index in [0.29, 0.717) is 30.3 Å². The molecule has 0 radical (unpaired) electrons. The highest BCUT2D eigenvalue weighted by molar-refractivity contribution is 5.90. The molecule has 27 heavy (non-hydrogen) atoms. The Balaban J connectivity index is 1.84. The lowest BCUT2D eigenvalue weighted by Gasteiger charge is -2.21. The largest absolute Gasteiger partial charge is 0.494 e. The first kappa shape index (κ1) is 19.1. The van der Waals surface area contributed by atoms with Gasteiger partial charge < -0.3 is 18.9 Å².